The molecule has 19 heteroatoms. The molecular formula is C29H26ClN6NaO9S2. The summed E-state index contributed by atoms with van der Waals surface area (Å²) < 4.78 is 81.3. The molecule has 0 aromatic heterocycles. The number of azo groups is 2. The van der Waals surface area contributed by atoms with E-state index in [1.807, 2.05) is 0 Å². The number of nitrogens with zero attached hydrogens (tertiary/aromatic N) is 4. The number of rotatable bonds is 9. The molecule has 5 aromatic rings. The molecule has 0 aliphatic rings. The number of anilines is 1. The standard InChI is InChI=1S/C29H24ClN5O9S2.H3N.Na/c1-3-44-27-13-23(32-33-24-14-26(43-2)22(31)12-21(24)30)20-11-17(46(40,41)42)6-8-19(20)29(27)35-34-28-18-7-5-16(45(37,38)39)10-15(18)4-9-25(28)36;;/h4-14,36H,3,31H2,1-2H3,(H,37,38,39)(H,40,41,42);1H3;/q;;+1/p-1. The van der Waals surface area contributed by atoms with Crippen molar-refractivity contribution >= 4 is 81.8 Å². The largest absolute Gasteiger partial charge is 1.00 e. The first-order valence-corrected chi connectivity index (χ1v) is 16.3. The molecular weight excluding hydrogens is 699 g/mol. The van der Waals surface area contributed by atoms with E-state index < -0.39 is 30.0 Å². The number of hydrogen-bond donors (Lipinski definition) is 3. The van der Waals surface area contributed by atoms with Gasteiger partial charge in [0.2, 0.25) is 0 Å². The van der Waals surface area contributed by atoms with Crippen molar-refractivity contribution in [2.24, 2.45) is 20.5 Å². The zero-order valence-electron chi connectivity index (χ0n) is 25.8. The van der Waals surface area contributed by atoms with Crippen molar-refractivity contribution in [3.63, 3.8) is 0 Å². The topological polar surface area (TPSA) is 265 Å². The van der Waals surface area contributed by atoms with Crippen molar-refractivity contribution < 1.29 is 70.1 Å². The second-order valence-corrected chi connectivity index (χ2v) is 12.7. The van der Waals surface area contributed by atoms with Crippen molar-refractivity contribution in [2.75, 3.05) is 19.5 Å². The molecule has 0 unspecified atom stereocenters. The van der Waals surface area contributed by atoms with Crippen LogP contribution >= 0.6 is 11.6 Å². The zero-order chi connectivity index (χ0) is 33.4. The molecule has 0 amide bonds. The van der Waals surface area contributed by atoms with Crippen LogP contribution in [-0.2, 0) is 20.2 Å². The number of halogens is 1. The first kappa shape index (κ1) is 38.5. The number of fused-ring (bicyclic) bond motifs is 2. The van der Waals surface area contributed by atoms with E-state index in [1.165, 1.54) is 49.6 Å². The fraction of sp³-hybridized carbons (Fsp3) is 0.103. The van der Waals surface area contributed by atoms with Crippen LogP contribution < -0.4 is 50.9 Å². The van der Waals surface area contributed by atoms with Crippen LogP contribution in [0.4, 0.5) is 28.4 Å². The summed E-state index contributed by atoms with van der Waals surface area (Å²) in [6, 6.07) is 14.0. The van der Waals surface area contributed by atoms with Crippen LogP contribution in [0.25, 0.3) is 21.5 Å². The van der Waals surface area contributed by atoms with Gasteiger partial charge in [0.15, 0.2) is 0 Å². The van der Waals surface area contributed by atoms with Crippen molar-refractivity contribution in [1.82, 2.24) is 6.15 Å². The second-order valence-electron chi connectivity index (χ2n) is 9.55. The van der Waals surface area contributed by atoms with Gasteiger partial charge in [-0.2, -0.15) is 0 Å². The summed E-state index contributed by atoms with van der Waals surface area (Å²) >= 11 is 6.29. The van der Waals surface area contributed by atoms with Gasteiger partial charge >= 0.3 is 29.6 Å². The second kappa shape index (κ2) is 15.1. The minimum atomic E-state index is -4.89. The molecule has 5 aromatic carbocycles. The Bertz CT molecular complexity index is 2320. The fourth-order valence-electron chi connectivity index (χ4n) is 4.51. The smallest absolute Gasteiger partial charge is 0.744 e. The van der Waals surface area contributed by atoms with E-state index >= 15 is 0 Å². The Morgan fingerprint density at radius 3 is 1.98 bits per heavy atom. The van der Waals surface area contributed by atoms with Gasteiger partial charge in [-0.3, -0.25) is 0 Å². The average Bonchev–Trinajstić information content (AvgIpc) is 2.99. The van der Waals surface area contributed by atoms with Gasteiger partial charge in [-0.15, -0.1) is 20.5 Å². The molecule has 0 radical (unpaired) electrons. The van der Waals surface area contributed by atoms with E-state index in [4.69, 9.17) is 26.8 Å². The van der Waals surface area contributed by atoms with Gasteiger partial charge in [-0.1, -0.05) is 29.8 Å². The molecule has 0 spiro atoms. The SMILES string of the molecule is CCOc1cc(N=Nc2cc(OC)c(N)cc2Cl)c2cc(S(=O)(=O)[O-])ccc2c1N=Nc1c(O)ccc2cc(S(=O)(=O)[O-])ccc12.[NH4+].[Na+]. The van der Waals surface area contributed by atoms with Gasteiger partial charge < -0.3 is 35.6 Å². The summed E-state index contributed by atoms with van der Waals surface area (Å²) in [5.74, 6) is 0.111. The summed E-state index contributed by atoms with van der Waals surface area (Å²) in [7, 11) is -8.22. The Kier molecular flexibility index (Phi) is 12.1. The predicted molar refractivity (Wildman–Crippen MR) is 173 cm³/mol. The Morgan fingerprint density at radius 1 is 0.771 bits per heavy atom. The third-order valence-electron chi connectivity index (χ3n) is 6.66. The Labute approximate surface area is 301 Å². The number of benzene rings is 5. The van der Waals surface area contributed by atoms with Crippen molar-refractivity contribution in [2.45, 2.75) is 16.7 Å². The van der Waals surface area contributed by atoms with Crippen LogP contribution in [-0.4, -0.2) is 44.8 Å². The van der Waals surface area contributed by atoms with Crippen LogP contribution in [0.5, 0.6) is 17.2 Å². The van der Waals surface area contributed by atoms with E-state index in [0.717, 1.165) is 24.3 Å². The minimum Gasteiger partial charge on any atom is -0.744 e. The van der Waals surface area contributed by atoms with E-state index in [-0.39, 0.29) is 115 Å². The maximum atomic E-state index is 11.9. The van der Waals surface area contributed by atoms with E-state index in [0.29, 0.717) is 0 Å². The number of ether oxygens (including phenoxy) is 2. The van der Waals surface area contributed by atoms with Crippen LogP contribution in [0.15, 0.2) is 97.0 Å². The predicted octanol–water partition coefficient (Wildman–Crippen LogP) is 4.36. The van der Waals surface area contributed by atoms with Gasteiger partial charge in [0, 0.05) is 28.3 Å². The Morgan fingerprint density at radius 2 is 1.35 bits per heavy atom. The van der Waals surface area contributed by atoms with Crippen LogP contribution in [0.2, 0.25) is 5.02 Å². The number of phenols is 1. The molecule has 0 atom stereocenters. The van der Waals surface area contributed by atoms with E-state index in [1.54, 1.807) is 6.92 Å². The molecule has 0 fully saturated rings. The maximum absolute atomic E-state index is 11.9. The van der Waals surface area contributed by atoms with Crippen LogP contribution in [0.3, 0.4) is 0 Å². The van der Waals surface area contributed by atoms with Gasteiger partial charge in [0.05, 0.1) is 39.9 Å². The summed E-state index contributed by atoms with van der Waals surface area (Å²) in [6.45, 7) is 1.86. The third-order valence-corrected chi connectivity index (χ3v) is 8.62. The number of phenolic OH excluding ortho intramolecular Hbond substituents is 1. The van der Waals surface area contributed by atoms with Crippen LogP contribution in [0, 0.1) is 0 Å². The molecule has 0 aliphatic carbocycles. The number of quaternary nitrogens is 1. The molecule has 0 bridgehead atoms. The molecule has 0 heterocycles. The summed E-state index contributed by atoms with van der Waals surface area (Å²) in [6.07, 6.45) is 0. The van der Waals surface area contributed by atoms with Crippen molar-refractivity contribution in [1.29, 1.82) is 0 Å². The monoisotopic (exact) mass is 724 g/mol. The molecule has 15 nitrogen and oxygen atoms in total. The molecule has 48 heavy (non-hydrogen) atoms. The van der Waals surface area contributed by atoms with Gasteiger partial charge in [0.1, 0.15) is 54.5 Å². The Hall–Kier alpha value is -3.91. The quantitative estimate of drug-likeness (QED) is 0.0836. The first-order chi connectivity index (χ1) is 21.7. The van der Waals surface area contributed by atoms with Crippen molar-refractivity contribution in [3.05, 3.63) is 71.8 Å². The fourth-order valence-corrected chi connectivity index (χ4v) is 5.72. The molecule has 5 rings (SSSR count). The first-order valence-electron chi connectivity index (χ1n) is 13.1. The Balaban J connectivity index is 0.00000312. The number of hydrogen-bond acceptors (Lipinski definition) is 14. The number of methoxy groups -OCH3 is 1. The summed E-state index contributed by atoms with van der Waals surface area (Å²) in [4.78, 5) is -1.02. The molecule has 0 aliphatic heterocycles. The zero-order valence-corrected chi connectivity index (χ0v) is 30.2. The van der Waals surface area contributed by atoms with Gasteiger partial charge in [-0.05, 0) is 48.7 Å². The third kappa shape index (κ3) is 8.03. The molecule has 0 saturated carbocycles. The number of nitrogen functional groups attached to an aromatic ring is 1. The van der Waals surface area contributed by atoms with E-state index in [2.05, 4.69) is 20.5 Å². The normalized spacial score (nSPS) is 11.9. The van der Waals surface area contributed by atoms with Crippen molar-refractivity contribution in [3.8, 4) is 17.2 Å². The number of nitrogens with two attached hydrogens (primary N) is 1. The molecule has 0 saturated heterocycles. The van der Waals surface area contributed by atoms with Gasteiger partial charge in [0.25, 0.3) is 0 Å². The van der Waals surface area contributed by atoms with Crippen LogP contribution in [0.1, 0.15) is 6.92 Å². The molecule has 246 valence electrons. The maximum Gasteiger partial charge on any atom is 1.00 e. The number of aromatic hydroxyl groups is 1. The minimum absolute atomic E-state index is 0. The van der Waals surface area contributed by atoms with Gasteiger partial charge in [-0.25, -0.2) is 16.8 Å². The average molecular weight is 725 g/mol. The summed E-state index contributed by atoms with van der Waals surface area (Å²) in [5.41, 5.74) is 6.43. The van der Waals surface area contributed by atoms with E-state index in [9.17, 15) is 31.0 Å². The summed E-state index contributed by atoms with van der Waals surface area (Å²) in [5, 5.41) is 28.7. The molecule has 7 N–H and O–H groups in total.